The Balaban J connectivity index is 1.21. The Bertz CT molecular complexity index is 2730. The molecule has 0 radical (unpaired) electrons. The number of aliphatic carboxylic acids is 1. The highest BCUT2D eigenvalue weighted by Gasteiger charge is 2.38. The lowest BCUT2D eigenvalue weighted by molar-refractivity contribution is -0.384. The summed E-state index contributed by atoms with van der Waals surface area (Å²) in [6.45, 7) is 1.85. The SMILES string of the molecule is CC(C)C[C@H](NC(=O)CNC(=O)[C@H](Cc1ccc(O)cc1)NC(=O)[C@@H]1CCCN1C(=O)[C@@H](N)Cc1cn(Cc2cc([N+](=O)[O-])ccc2O)c2ccccc12)C(=O)N[C@@H](CO)C(=O)NCC(=O)N[C@@H](CCCCN)C(=O)O. The smallest absolute Gasteiger partial charge is 0.326 e. The van der Waals surface area contributed by atoms with Crippen molar-refractivity contribution < 1.29 is 63.7 Å². The summed E-state index contributed by atoms with van der Waals surface area (Å²) in [4.78, 5) is 118. The number of nitrogens with two attached hydrogens (primary N) is 2. The minimum absolute atomic E-state index is 0.0395. The number of nitro groups is 1. The Morgan fingerprint density at radius 3 is 2.08 bits per heavy atom. The highest BCUT2D eigenvalue weighted by molar-refractivity contribution is 5.97. The van der Waals surface area contributed by atoms with Gasteiger partial charge in [0.1, 0.15) is 41.7 Å². The number of hydrogen-bond acceptors (Lipinski definition) is 15. The molecule has 1 fully saturated rings. The number of benzene rings is 3. The van der Waals surface area contributed by atoms with Crippen LogP contribution < -0.4 is 43.4 Å². The van der Waals surface area contributed by atoms with Crippen molar-refractivity contribution in [3.63, 3.8) is 0 Å². The predicted molar refractivity (Wildman–Crippen MR) is 275 cm³/mol. The number of likely N-dealkylation sites (tertiary alicyclic amines) is 1. The summed E-state index contributed by atoms with van der Waals surface area (Å²) in [5.74, 6) is -7.19. The van der Waals surface area contributed by atoms with Crippen LogP contribution in [-0.2, 0) is 57.7 Å². The number of fused-ring (bicyclic) bond motifs is 1. The zero-order chi connectivity index (χ0) is 55.6. The summed E-state index contributed by atoms with van der Waals surface area (Å²) in [5, 5.41) is 66.6. The molecule has 1 aliphatic heterocycles. The molecule has 0 spiro atoms. The molecular weight excluding hydrogens is 991 g/mol. The van der Waals surface area contributed by atoms with Crippen molar-refractivity contribution in [3.8, 4) is 11.5 Å². The maximum Gasteiger partial charge on any atom is 0.326 e. The van der Waals surface area contributed by atoms with Crippen LogP contribution in [-0.4, -0.2) is 151 Å². The summed E-state index contributed by atoms with van der Waals surface area (Å²) in [6.07, 6.45) is 3.49. The van der Waals surface area contributed by atoms with E-state index in [-0.39, 0.29) is 68.3 Å². The second-order valence-electron chi connectivity index (χ2n) is 19.0. The summed E-state index contributed by atoms with van der Waals surface area (Å²) in [6, 6.07) is 9.28. The number of aromatic nitrogens is 1. The van der Waals surface area contributed by atoms with Crippen LogP contribution in [0.15, 0.2) is 72.9 Å². The number of nitrogens with one attached hydrogen (secondary N) is 6. The second kappa shape index (κ2) is 27.9. The third-order valence-corrected chi connectivity index (χ3v) is 12.7. The van der Waals surface area contributed by atoms with E-state index in [0.717, 1.165) is 10.9 Å². The van der Waals surface area contributed by atoms with Gasteiger partial charge in [-0.05, 0) is 92.8 Å². The molecule has 410 valence electrons. The molecule has 0 bridgehead atoms. The van der Waals surface area contributed by atoms with E-state index in [4.69, 9.17) is 11.5 Å². The third-order valence-electron chi connectivity index (χ3n) is 12.7. The van der Waals surface area contributed by atoms with Crippen molar-refractivity contribution in [3.05, 3.63) is 99.7 Å². The van der Waals surface area contributed by atoms with Gasteiger partial charge in [-0.3, -0.25) is 43.7 Å². The molecule has 1 aliphatic rings. The van der Waals surface area contributed by atoms with Crippen molar-refractivity contribution in [2.24, 2.45) is 17.4 Å². The van der Waals surface area contributed by atoms with Gasteiger partial charge in [0.15, 0.2) is 0 Å². The maximum absolute atomic E-state index is 14.1. The van der Waals surface area contributed by atoms with E-state index in [0.29, 0.717) is 42.5 Å². The molecule has 25 heteroatoms. The number of aliphatic hydroxyl groups is 1. The van der Waals surface area contributed by atoms with E-state index in [9.17, 15) is 68.9 Å². The molecular formula is C51H67N11O14. The number of nitro benzene ring substituents is 1. The number of aromatic hydroxyl groups is 2. The molecule has 0 aliphatic carbocycles. The van der Waals surface area contributed by atoms with Gasteiger partial charge in [0.05, 0.1) is 37.2 Å². The first kappa shape index (κ1) is 58.7. The van der Waals surface area contributed by atoms with Gasteiger partial charge in [-0.1, -0.05) is 44.2 Å². The molecule has 4 aromatic rings. The molecule has 3 aromatic carbocycles. The minimum atomic E-state index is -1.58. The molecule has 25 nitrogen and oxygen atoms in total. The Morgan fingerprint density at radius 2 is 1.45 bits per heavy atom. The standard InChI is InChI=1S/C51H67N11O14/c1-29(2)20-38(48(70)59-40(28-63)47(69)55-24-44(66)56-37(51(73)74)9-5-6-18-52)57-45(67)25-54-46(68)39(21-30-12-15-34(64)16-13-30)58-49(71)42-11-7-19-61(42)50(72)36(53)23-31-26-60(41-10-4-3-8-35(31)41)27-32-22-33(62(75)76)14-17-43(32)65/h3-4,8,10,12-17,22,26,29,36-40,42,63-65H,5-7,9,11,18-21,23-25,27-28,52-53H2,1-2H3,(H,54,68)(H,55,69)(H,56,66)(H,57,67)(H,58,71)(H,59,70)(H,73,74)/t36-,37-,38-,39-,40-,42-/m0/s1. The zero-order valence-electron chi connectivity index (χ0n) is 42.2. The number of carbonyl (C=O) groups is 8. The summed E-state index contributed by atoms with van der Waals surface area (Å²) >= 11 is 0. The Kier molecular flexibility index (Phi) is 21.6. The molecule has 0 saturated carbocycles. The number of phenolic OH excluding ortho intramolecular Hbond substituents is 2. The van der Waals surface area contributed by atoms with Crippen LogP contribution in [0.2, 0.25) is 0 Å². The van der Waals surface area contributed by atoms with Crippen LogP contribution in [0, 0.1) is 16.0 Å². The Labute approximate surface area is 437 Å². The molecule has 0 unspecified atom stereocenters. The number of nitrogens with zero attached hydrogens (tertiary/aromatic N) is 3. The van der Waals surface area contributed by atoms with Crippen LogP contribution in [0.25, 0.3) is 10.9 Å². The number of carbonyl (C=O) groups excluding carboxylic acids is 7. The van der Waals surface area contributed by atoms with Gasteiger partial charge in [-0.2, -0.15) is 0 Å². The Hall–Kier alpha value is -8.16. The van der Waals surface area contributed by atoms with Crippen molar-refractivity contribution in [2.45, 2.75) is 108 Å². The number of non-ortho nitro benzene ring substituents is 1. The number of rotatable bonds is 28. The van der Waals surface area contributed by atoms with E-state index in [1.807, 2.05) is 12.1 Å². The fourth-order valence-electron chi connectivity index (χ4n) is 8.79. The highest BCUT2D eigenvalue weighted by atomic mass is 16.6. The first-order valence-electron chi connectivity index (χ1n) is 24.8. The van der Waals surface area contributed by atoms with Crippen LogP contribution in [0.5, 0.6) is 11.5 Å². The average molecular weight is 1060 g/mol. The second-order valence-corrected chi connectivity index (χ2v) is 19.0. The quantitative estimate of drug-likeness (QED) is 0.0194. The van der Waals surface area contributed by atoms with Crippen LogP contribution >= 0.6 is 0 Å². The monoisotopic (exact) mass is 1060 g/mol. The molecule has 1 saturated heterocycles. The number of carboxylic acids is 1. The number of phenols is 2. The van der Waals surface area contributed by atoms with Crippen molar-refractivity contribution in [1.29, 1.82) is 0 Å². The molecule has 5 rings (SSSR count). The van der Waals surface area contributed by atoms with Gasteiger partial charge in [0, 0.05) is 47.8 Å². The zero-order valence-corrected chi connectivity index (χ0v) is 42.2. The number of hydrogen-bond donors (Lipinski definition) is 12. The van der Waals surface area contributed by atoms with E-state index in [2.05, 4.69) is 31.9 Å². The Morgan fingerprint density at radius 1 is 0.789 bits per heavy atom. The number of amides is 7. The fourth-order valence-corrected chi connectivity index (χ4v) is 8.79. The van der Waals surface area contributed by atoms with Gasteiger partial charge in [-0.25, -0.2) is 4.79 Å². The van der Waals surface area contributed by atoms with Gasteiger partial charge in [-0.15, -0.1) is 0 Å². The van der Waals surface area contributed by atoms with E-state index in [1.165, 1.54) is 47.4 Å². The molecule has 14 N–H and O–H groups in total. The van der Waals surface area contributed by atoms with Crippen LogP contribution in [0.1, 0.15) is 69.1 Å². The lowest BCUT2D eigenvalue weighted by Gasteiger charge is -2.28. The van der Waals surface area contributed by atoms with E-state index in [1.54, 1.807) is 36.7 Å². The maximum atomic E-state index is 14.1. The normalized spacial score (nSPS) is 15.2. The fraction of sp³-hybridized carbons (Fsp3) is 0.451. The molecule has 2 heterocycles. The summed E-state index contributed by atoms with van der Waals surface area (Å²) < 4.78 is 1.79. The number of unbranched alkanes of at least 4 members (excludes halogenated alkanes) is 1. The third kappa shape index (κ3) is 16.7. The average Bonchev–Trinajstić information content (AvgIpc) is 4.02. The van der Waals surface area contributed by atoms with Crippen LogP contribution in [0.3, 0.4) is 0 Å². The van der Waals surface area contributed by atoms with E-state index >= 15 is 0 Å². The van der Waals surface area contributed by atoms with Gasteiger partial charge in [0.2, 0.25) is 41.4 Å². The van der Waals surface area contributed by atoms with Crippen molar-refractivity contribution in [1.82, 2.24) is 41.4 Å². The minimum Gasteiger partial charge on any atom is -0.508 e. The van der Waals surface area contributed by atoms with Crippen molar-refractivity contribution in [2.75, 3.05) is 32.8 Å². The van der Waals surface area contributed by atoms with Gasteiger partial charge < -0.3 is 73.3 Å². The summed E-state index contributed by atoms with van der Waals surface area (Å²) in [7, 11) is 0. The predicted octanol–water partition coefficient (Wildman–Crippen LogP) is -0.464. The number of carboxylic acid groups (broad SMARTS) is 1. The molecule has 6 atom stereocenters. The number of para-hydroxylation sites is 1. The van der Waals surface area contributed by atoms with E-state index < -0.39 is 108 Å². The first-order valence-corrected chi connectivity index (χ1v) is 24.8. The van der Waals surface area contributed by atoms with Crippen molar-refractivity contribution >= 4 is 63.9 Å². The largest absolute Gasteiger partial charge is 0.508 e. The topological polar surface area (TPSA) is 393 Å². The van der Waals surface area contributed by atoms with Gasteiger partial charge >= 0.3 is 5.97 Å². The molecule has 76 heavy (non-hydrogen) atoms. The first-order chi connectivity index (χ1) is 36.2. The van der Waals surface area contributed by atoms with Gasteiger partial charge in [0.25, 0.3) is 5.69 Å². The molecule has 7 amide bonds. The lowest BCUT2D eigenvalue weighted by atomic mass is 10.0. The number of aliphatic hydroxyl groups excluding tert-OH is 1. The highest BCUT2D eigenvalue weighted by Crippen LogP contribution is 2.29. The lowest BCUT2D eigenvalue weighted by Crippen LogP contribution is -2.58. The van der Waals surface area contributed by atoms with Crippen LogP contribution in [0.4, 0.5) is 5.69 Å². The molecule has 1 aromatic heterocycles. The summed E-state index contributed by atoms with van der Waals surface area (Å²) in [5.41, 5.74) is 14.1.